The van der Waals surface area contributed by atoms with E-state index in [1.165, 1.54) is 22.2 Å². The summed E-state index contributed by atoms with van der Waals surface area (Å²) in [5, 5.41) is 6.24. The van der Waals surface area contributed by atoms with Crippen molar-refractivity contribution >= 4 is 58.9 Å². The van der Waals surface area contributed by atoms with Crippen LogP contribution in [-0.2, 0) is 13.1 Å². The topological polar surface area (TPSA) is 20.2 Å². The van der Waals surface area contributed by atoms with Crippen molar-refractivity contribution in [1.82, 2.24) is 14.8 Å². The van der Waals surface area contributed by atoms with Crippen molar-refractivity contribution in [3.8, 4) is 0 Å². The molecule has 3 rings (SSSR count). The van der Waals surface area contributed by atoms with Crippen LogP contribution in [0, 0.1) is 6.92 Å². The molecule has 28 heavy (non-hydrogen) atoms. The Morgan fingerprint density at radius 2 is 1.75 bits per heavy atom. The number of benzene rings is 2. The van der Waals surface area contributed by atoms with Gasteiger partial charge >= 0.3 is 0 Å². The van der Waals surface area contributed by atoms with Gasteiger partial charge in [-0.3, -0.25) is 0 Å². The summed E-state index contributed by atoms with van der Waals surface area (Å²) < 4.78 is 2.34. The highest BCUT2D eigenvalue weighted by atomic mass is 35.5. The molecule has 0 aliphatic carbocycles. The molecule has 0 atom stereocenters. The molecule has 7 heteroatoms. The van der Waals surface area contributed by atoms with Crippen LogP contribution in [0.4, 0.5) is 0 Å². The average molecular weight is 463 g/mol. The van der Waals surface area contributed by atoms with Gasteiger partial charge in [0.25, 0.3) is 0 Å². The van der Waals surface area contributed by atoms with E-state index in [4.69, 9.17) is 23.2 Å². The molecular weight excluding hydrogens is 436 g/mol. The zero-order valence-corrected chi connectivity index (χ0v) is 19.5. The van der Waals surface area contributed by atoms with Gasteiger partial charge < -0.3 is 14.8 Å². The summed E-state index contributed by atoms with van der Waals surface area (Å²) in [5.41, 5.74) is 4.94. The predicted molar refractivity (Wildman–Crippen MR) is 127 cm³/mol. The van der Waals surface area contributed by atoms with E-state index in [2.05, 4.69) is 60.1 Å². The molecule has 0 spiro atoms. The third kappa shape index (κ3) is 5.79. The Bertz CT molecular complexity index is 906. The van der Waals surface area contributed by atoms with Crippen molar-refractivity contribution < 1.29 is 0 Å². The van der Waals surface area contributed by atoms with Gasteiger partial charge in [-0.2, -0.15) is 0 Å². The van der Waals surface area contributed by atoms with Crippen molar-refractivity contribution in [2.45, 2.75) is 20.0 Å². The van der Waals surface area contributed by atoms with Crippen LogP contribution in [0.15, 0.2) is 42.5 Å². The summed E-state index contributed by atoms with van der Waals surface area (Å²) in [6, 6.07) is 14.3. The number of likely N-dealkylation sites (N-methyl/N-ethyl adjacent to an activating group) is 1. The molecule has 3 aromatic rings. The first-order valence-electron chi connectivity index (χ1n) is 8.83. The molecule has 1 N–H and O–H groups in total. The van der Waals surface area contributed by atoms with Crippen molar-refractivity contribution in [2.75, 3.05) is 27.2 Å². The number of hydrogen-bond donors (Lipinski definition) is 1. The number of aromatic nitrogens is 1. The normalized spacial score (nSPS) is 10.8. The van der Waals surface area contributed by atoms with Gasteiger partial charge in [0.2, 0.25) is 0 Å². The predicted octanol–water partition coefficient (Wildman–Crippen LogP) is 5.80. The van der Waals surface area contributed by atoms with Gasteiger partial charge in [-0.25, -0.2) is 0 Å². The van der Waals surface area contributed by atoms with E-state index >= 15 is 0 Å². The van der Waals surface area contributed by atoms with E-state index in [0.717, 1.165) is 31.7 Å². The first-order chi connectivity index (χ1) is 12.5. The Morgan fingerprint density at radius 3 is 2.43 bits per heavy atom. The summed E-state index contributed by atoms with van der Waals surface area (Å²) in [5.74, 6) is 0. The summed E-state index contributed by atoms with van der Waals surface area (Å²) in [6.07, 6.45) is 0. The van der Waals surface area contributed by atoms with Crippen LogP contribution >= 0.6 is 48.0 Å². The van der Waals surface area contributed by atoms with Gasteiger partial charge in [0.05, 0.1) is 0 Å². The van der Waals surface area contributed by atoms with Gasteiger partial charge in [0, 0.05) is 52.8 Å². The fourth-order valence-corrected chi connectivity index (χ4v) is 3.73. The lowest BCUT2D eigenvalue weighted by Gasteiger charge is -2.12. The number of rotatable bonds is 7. The van der Waals surface area contributed by atoms with E-state index in [1.807, 2.05) is 18.2 Å². The zero-order valence-electron chi connectivity index (χ0n) is 16.3. The Hall–Kier alpha value is -0.940. The maximum absolute atomic E-state index is 6.41. The Morgan fingerprint density at radius 1 is 1.04 bits per heavy atom. The maximum atomic E-state index is 6.41. The highest BCUT2D eigenvalue weighted by Gasteiger charge is 2.14. The van der Waals surface area contributed by atoms with Crippen molar-refractivity contribution in [2.24, 2.45) is 0 Å². The fourth-order valence-electron chi connectivity index (χ4n) is 3.27. The minimum absolute atomic E-state index is 0. The molecule has 0 aliphatic heterocycles. The number of halogens is 4. The first kappa shape index (κ1) is 25.1. The van der Waals surface area contributed by atoms with E-state index in [-0.39, 0.29) is 24.8 Å². The van der Waals surface area contributed by atoms with Crippen molar-refractivity contribution in [3.63, 3.8) is 0 Å². The quantitative estimate of drug-likeness (QED) is 0.447. The summed E-state index contributed by atoms with van der Waals surface area (Å²) in [4.78, 5) is 2.19. The second-order valence-corrected chi connectivity index (χ2v) is 7.73. The number of nitrogens with one attached hydrogen (secondary N) is 1. The monoisotopic (exact) mass is 461 g/mol. The van der Waals surface area contributed by atoms with Gasteiger partial charge in [0.1, 0.15) is 0 Å². The SMILES string of the molecule is Cc1c(CNCCN(C)C)c2ccccc2n1Cc1ccc(Cl)cc1Cl.Cl.Cl. The van der Waals surface area contributed by atoms with E-state index in [9.17, 15) is 0 Å². The minimum atomic E-state index is 0. The molecule has 3 nitrogen and oxygen atoms in total. The summed E-state index contributed by atoms with van der Waals surface area (Å²) in [7, 11) is 4.18. The molecule has 0 bridgehead atoms. The van der Waals surface area contributed by atoms with E-state index in [0.29, 0.717) is 10.0 Å². The molecule has 0 radical (unpaired) electrons. The second kappa shape index (κ2) is 11.3. The standard InChI is InChI=1S/C21H25Cl2N3.2ClH/c1-15-19(13-24-10-11-25(2)3)18-6-4-5-7-21(18)26(15)14-16-8-9-17(22)12-20(16)23;;/h4-9,12,24H,10-11,13-14H2,1-3H3;2*1H. The van der Waals surface area contributed by atoms with Gasteiger partial charge in [-0.05, 0) is 50.3 Å². The molecule has 0 aliphatic rings. The number of nitrogens with zero attached hydrogens (tertiary/aromatic N) is 2. The smallest absolute Gasteiger partial charge is 0.0493 e. The maximum Gasteiger partial charge on any atom is 0.0493 e. The number of para-hydroxylation sites is 1. The lowest BCUT2D eigenvalue weighted by Crippen LogP contribution is -2.26. The fraction of sp³-hybridized carbons (Fsp3) is 0.333. The van der Waals surface area contributed by atoms with Crippen LogP contribution in [0.25, 0.3) is 10.9 Å². The zero-order chi connectivity index (χ0) is 18.7. The summed E-state index contributed by atoms with van der Waals surface area (Å²) in [6.45, 7) is 5.78. The van der Waals surface area contributed by atoms with Crippen LogP contribution in [-0.4, -0.2) is 36.7 Å². The third-order valence-corrected chi connectivity index (χ3v) is 5.33. The van der Waals surface area contributed by atoms with E-state index < -0.39 is 0 Å². The highest BCUT2D eigenvalue weighted by molar-refractivity contribution is 6.35. The minimum Gasteiger partial charge on any atom is -0.340 e. The molecule has 2 aromatic carbocycles. The molecule has 154 valence electrons. The Kier molecular flexibility index (Phi) is 10.1. The molecule has 0 unspecified atom stereocenters. The molecule has 1 heterocycles. The Labute approximate surface area is 189 Å². The highest BCUT2D eigenvalue weighted by Crippen LogP contribution is 2.29. The second-order valence-electron chi connectivity index (χ2n) is 6.88. The number of hydrogen-bond acceptors (Lipinski definition) is 2. The largest absolute Gasteiger partial charge is 0.340 e. The van der Waals surface area contributed by atoms with Crippen molar-refractivity contribution in [1.29, 1.82) is 0 Å². The van der Waals surface area contributed by atoms with E-state index in [1.54, 1.807) is 0 Å². The molecule has 0 saturated carbocycles. The third-order valence-electron chi connectivity index (χ3n) is 4.74. The molecule has 0 fully saturated rings. The van der Waals surface area contributed by atoms with Crippen LogP contribution in [0.1, 0.15) is 16.8 Å². The first-order valence-corrected chi connectivity index (χ1v) is 9.59. The van der Waals surface area contributed by atoms with Crippen LogP contribution in [0.3, 0.4) is 0 Å². The van der Waals surface area contributed by atoms with Gasteiger partial charge in [-0.15, -0.1) is 24.8 Å². The lowest BCUT2D eigenvalue weighted by molar-refractivity contribution is 0.400. The summed E-state index contributed by atoms with van der Waals surface area (Å²) >= 11 is 12.4. The lowest BCUT2D eigenvalue weighted by atomic mass is 10.1. The molecular formula is C21H27Cl4N3. The molecule has 0 amide bonds. The van der Waals surface area contributed by atoms with Crippen molar-refractivity contribution in [3.05, 3.63) is 69.3 Å². The Balaban J connectivity index is 0.00000196. The van der Waals surface area contributed by atoms with Crippen LogP contribution < -0.4 is 5.32 Å². The average Bonchev–Trinajstić information content (AvgIpc) is 2.86. The van der Waals surface area contributed by atoms with Crippen LogP contribution in [0.5, 0.6) is 0 Å². The van der Waals surface area contributed by atoms with Crippen LogP contribution in [0.2, 0.25) is 10.0 Å². The van der Waals surface area contributed by atoms with Gasteiger partial charge in [-0.1, -0.05) is 47.5 Å². The molecule has 1 aromatic heterocycles. The molecule has 0 saturated heterocycles. The van der Waals surface area contributed by atoms with Gasteiger partial charge in [0.15, 0.2) is 0 Å². The number of fused-ring (bicyclic) bond motifs is 1.